The number of aromatic carboxylic acids is 1. The van der Waals surface area contributed by atoms with Crippen molar-refractivity contribution >= 4 is 22.8 Å². The Bertz CT molecular complexity index is 972. The minimum Gasteiger partial charge on any atom is -0.477 e. The lowest BCUT2D eigenvalue weighted by atomic mass is 10.2. The van der Waals surface area contributed by atoms with Gasteiger partial charge in [0.05, 0.1) is 5.39 Å². The van der Waals surface area contributed by atoms with Crippen LogP contribution in [0.25, 0.3) is 11.0 Å². The maximum atomic E-state index is 14.6. The lowest BCUT2D eigenvalue weighted by molar-refractivity contribution is 0.0695. The van der Waals surface area contributed by atoms with Gasteiger partial charge in [0.2, 0.25) is 5.43 Å². The summed E-state index contributed by atoms with van der Waals surface area (Å²) in [6, 6.07) is 1.45. The average Bonchev–Trinajstić information content (AvgIpc) is 3.46. The number of aromatic nitrogens is 2. The van der Waals surface area contributed by atoms with Crippen LogP contribution in [0.2, 0.25) is 0 Å². The number of anilines is 1. The van der Waals surface area contributed by atoms with Gasteiger partial charge in [-0.05, 0) is 30.7 Å². The Hall–Kier alpha value is -2.48. The predicted molar refractivity (Wildman–Crippen MR) is 88.4 cm³/mol. The fourth-order valence-corrected chi connectivity index (χ4v) is 3.99. The molecule has 130 valence electrons. The number of hydrogen-bond acceptors (Lipinski definition) is 5. The zero-order valence-electron chi connectivity index (χ0n) is 13.4. The molecule has 2 saturated carbocycles. The number of halogens is 1. The predicted octanol–water partition coefficient (Wildman–Crippen LogP) is 0.962. The molecule has 3 aliphatic rings. The summed E-state index contributed by atoms with van der Waals surface area (Å²) < 4.78 is 16.4. The minimum atomic E-state index is -1.31. The number of carboxylic acids is 1. The summed E-state index contributed by atoms with van der Waals surface area (Å²) in [4.78, 5) is 30.1. The van der Waals surface area contributed by atoms with E-state index >= 15 is 0 Å². The second-order valence-corrected chi connectivity index (χ2v) is 7.29. The van der Waals surface area contributed by atoms with Gasteiger partial charge in [0.1, 0.15) is 11.2 Å². The van der Waals surface area contributed by atoms with E-state index in [-0.39, 0.29) is 28.9 Å². The van der Waals surface area contributed by atoms with Crippen molar-refractivity contribution in [2.75, 3.05) is 18.0 Å². The molecule has 1 aliphatic heterocycles. The molecule has 8 heteroatoms. The van der Waals surface area contributed by atoms with Gasteiger partial charge in [-0.2, -0.15) is 0 Å². The second-order valence-electron chi connectivity index (χ2n) is 7.29. The number of carbonyl (C=O) groups is 1. The van der Waals surface area contributed by atoms with Crippen molar-refractivity contribution in [1.82, 2.24) is 9.55 Å². The molecule has 3 atom stereocenters. The molecule has 3 fully saturated rings. The lowest BCUT2D eigenvalue weighted by Gasteiger charge is -2.22. The Morgan fingerprint density at radius 1 is 1.32 bits per heavy atom. The van der Waals surface area contributed by atoms with Crippen LogP contribution in [0, 0.1) is 17.7 Å². The molecule has 1 saturated heterocycles. The highest BCUT2D eigenvalue weighted by Crippen LogP contribution is 2.45. The number of rotatable bonds is 3. The highest BCUT2D eigenvalue weighted by atomic mass is 19.1. The Labute approximate surface area is 141 Å². The molecule has 2 aromatic rings. The third-order valence-corrected chi connectivity index (χ3v) is 5.67. The smallest absolute Gasteiger partial charge is 0.341 e. The summed E-state index contributed by atoms with van der Waals surface area (Å²) in [5.41, 5.74) is 5.26. The van der Waals surface area contributed by atoms with Crippen LogP contribution in [-0.2, 0) is 0 Å². The van der Waals surface area contributed by atoms with E-state index in [0.717, 1.165) is 18.9 Å². The topological polar surface area (TPSA) is 101 Å². The molecule has 3 heterocycles. The summed E-state index contributed by atoms with van der Waals surface area (Å²) in [6.45, 7) is 1.34. The molecule has 3 N–H and O–H groups in total. The van der Waals surface area contributed by atoms with E-state index in [1.54, 1.807) is 4.57 Å². The monoisotopic (exact) mass is 344 g/mol. The van der Waals surface area contributed by atoms with Crippen molar-refractivity contribution in [3.05, 3.63) is 33.9 Å². The molecule has 0 bridgehead atoms. The molecular formula is C17H17FN4O3. The van der Waals surface area contributed by atoms with Crippen molar-refractivity contribution in [3.8, 4) is 0 Å². The van der Waals surface area contributed by atoms with Crippen LogP contribution < -0.4 is 16.1 Å². The van der Waals surface area contributed by atoms with Crippen LogP contribution in [0.4, 0.5) is 10.2 Å². The largest absolute Gasteiger partial charge is 0.477 e. The quantitative estimate of drug-likeness (QED) is 0.860. The van der Waals surface area contributed by atoms with E-state index in [1.165, 1.54) is 6.20 Å². The van der Waals surface area contributed by atoms with Crippen LogP contribution in [-0.4, -0.2) is 39.8 Å². The van der Waals surface area contributed by atoms with Crippen molar-refractivity contribution in [1.29, 1.82) is 0 Å². The van der Waals surface area contributed by atoms with Gasteiger partial charge in [0.25, 0.3) is 0 Å². The Morgan fingerprint density at radius 2 is 2.00 bits per heavy atom. The van der Waals surface area contributed by atoms with Crippen molar-refractivity contribution in [2.24, 2.45) is 17.6 Å². The Balaban J connectivity index is 1.68. The fourth-order valence-electron chi connectivity index (χ4n) is 3.99. The van der Waals surface area contributed by atoms with Gasteiger partial charge in [-0.15, -0.1) is 0 Å². The van der Waals surface area contributed by atoms with E-state index in [2.05, 4.69) is 4.98 Å². The lowest BCUT2D eigenvalue weighted by Crippen LogP contribution is -2.30. The van der Waals surface area contributed by atoms with Crippen molar-refractivity contribution in [2.45, 2.75) is 24.9 Å². The highest BCUT2D eigenvalue weighted by molar-refractivity contribution is 5.92. The molecule has 2 aliphatic carbocycles. The molecule has 0 aromatic carbocycles. The number of pyridine rings is 2. The second kappa shape index (κ2) is 4.78. The SMILES string of the molecule is N[C@@H]1[C@H]2CN(c3nc4c(cc3F)c(=O)c(C(=O)O)cn4C3CC3)C[C@@H]12. The molecule has 0 unspecified atom stereocenters. The first-order valence-electron chi connectivity index (χ1n) is 8.45. The molecule has 5 rings (SSSR count). The van der Waals surface area contributed by atoms with Gasteiger partial charge in [0, 0.05) is 31.4 Å². The molecule has 0 spiro atoms. The number of nitrogens with zero attached hydrogens (tertiary/aromatic N) is 3. The van der Waals surface area contributed by atoms with Crippen molar-refractivity contribution < 1.29 is 14.3 Å². The van der Waals surface area contributed by atoms with E-state index in [4.69, 9.17) is 5.73 Å². The standard InChI is InChI=1S/C17H17FN4O3/c18-12-3-8-14(23)11(17(24)25)6-22(7-1-2-7)15(8)20-16(12)21-4-9-10(5-21)13(9)19/h3,6-7,9-10,13H,1-2,4-5,19H2,(H,24,25)/t9-,10+,13+. The molecular weight excluding hydrogens is 327 g/mol. The van der Waals surface area contributed by atoms with Gasteiger partial charge in [-0.3, -0.25) is 4.79 Å². The summed E-state index contributed by atoms with van der Waals surface area (Å²) in [5, 5.41) is 9.28. The molecule has 2 aromatic heterocycles. The first-order chi connectivity index (χ1) is 12.0. The zero-order valence-corrected chi connectivity index (χ0v) is 13.4. The molecule has 0 radical (unpaired) electrons. The van der Waals surface area contributed by atoms with Gasteiger partial charge >= 0.3 is 5.97 Å². The summed E-state index contributed by atoms with van der Waals surface area (Å²) in [7, 11) is 0. The van der Waals surface area contributed by atoms with Gasteiger partial charge in [-0.1, -0.05) is 0 Å². The normalized spacial score (nSPS) is 27.6. The van der Waals surface area contributed by atoms with Crippen LogP contribution in [0.5, 0.6) is 0 Å². The van der Waals surface area contributed by atoms with Gasteiger partial charge in [0.15, 0.2) is 11.6 Å². The third kappa shape index (κ3) is 2.10. The first kappa shape index (κ1) is 14.8. The average molecular weight is 344 g/mol. The van der Waals surface area contributed by atoms with E-state index in [0.29, 0.717) is 30.6 Å². The van der Waals surface area contributed by atoms with E-state index in [9.17, 15) is 19.1 Å². The first-order valence-corrected chi connectivity index (χ1v) is 8.45. The fraction of sp³-hybridized carbons (Fsp3) is 0.471. The number of carboxylic acid groups (broad SMARTS) is 1. The zero-order chi connectivity index (χ0) is 17.5. The maximum absolute atomic E-state index is 14.6. The Morgan fingerprint density at radius 3 is 2.60 bits per heavy atom. The number of nitrogens with two attached hydrogens (primary N) is 1. The number of hydrogen-bond donors (Lipinski definition) is 2. The van der Waals surface area contributed by atoms with Crippen LogP contribution >= 0.6 is 0 Å². The van der Waals surface area contributed by atoms with Crippen LogP contribution in [0.1, 0.15) is 29.2 Å². The Kier molecular flexibility index (Phi) is 2.84. The maximum Gasteiger partial charge on any atom is 0.341 e. The van der Waals surface area contributed by atoms with Crippen LogP contribution in [0.15, 0.2) is 17.1 Å². The van der Waals surface area contributed by atoms with Crippen LogP contribution in [0.3, 0.4) is 0 Å². The van der Waals surface area contributed by atoms with E-state index in [1.807, 2.05) is 4.90 Å². The van der Waals surface area contributed by atoms with Crippen molar-refractivity contribution in [3.63, 3.8) is 0 Å². The summed E-state index contributed by atoms with van der Waals surface area (Å²) in [5.74, 6) is -0.902. The molecule has 0 amide bonds. The highest BCUT2D eigenvalue weighted by Gasteiger charge is 2.54. The summed E-state index contributed by atoms with van der Waals surface area (Å²) in [6.07, 6.45) is 3.14. The number of fused-ring (bicyclic) bond motifs is 2. The van der Waals surface area contributed by atoms with E-state index < -0.39 is 17.2 Å². The summed E-state index contributed by atoms with van der Waals surface area (Å²) >= 11 is 0. The number of piperidine rings is 1. The van der Waals surface area contributed by atoms with Gasteiger partial charge < -0.3 is 20.3 Å². The van der Waals surface area contributed by atoms with Gasteiger partial charge in [-0.25, -0.2) is 14.2 Å². The minimum absolute atomic E-state index is 0.0223. The third-order valence-electron chi connectivity index (χ3n) is 5.67. The molecule has 7 nitrogen and oxygen atoms in total. The molecule has 25 heavy (non-hydrogen) atoms.